The second-order valence-electron chi connectivity index (χ2n) is 6.50. The van der Waals surface area contributed by atoms with Crippen molar-refractivity contribution in [2.45, 2.75) is 5.25 Å². The molecule has 160 valence electrons. The van der Waals surface area contributed by atoms with E-state index < -0.39 is 36.8 Å². The van der Waals surface area contributed by atoms with Crippen LogP contribution in [0.25, 0.3) is 21.3 Å². The Hall–Kier alpha value is -2.61. The van der Waals surface area contributed by atoms with Crippen molar-refractivity contribution in [3.63, 3.8) is 0 Å². The second kappa shape index (κ2) is 8.26. The minimum Gasteiger partial charge on any atom is -0.493 e. The van der Waals surface area contributed by atoms with Gasteiger partial charge in [-0.1, -0.05) is 6.07 Å². The van der Waals surface area contributed by atoms with E-state index in [1.165, 1.54) is 12.3 Å². The maximum Gasteiger partial charge on any atom is 0.245 e. The fourth-order valence-corrected chi connectivity index (χ4v) is 5.61. The Morgan fingerprint density at radius 2 is 1.90 bits per heavy atom. The van der Waals surface area contributed by atoms with Gasteiger partial charge in [0.25, 0.3) is 0 Å². The molecule has 1 atom stereocenters. The Morgan fingerprint density at radius 3 is 2.53 bits per heavy atom. The topological polar surface area (TPSA) is 169 Å². The van der Waals surface area contributed by atoms with Crippen molar-refractivity contribution >= 4 is 47.3 Å². The molecule has 10 nitrogen and oxygen atoms in total. The zero-order valence-corrected chi connectivity index (χ0v) is 18.1. The van der Waals surface area contributed by atoms with Gasteiger partial charge in [-0.25, -0.2) is 31.9 Å². The standard InChI is InChI=1S/C17H18N4O6S3/c1-29(24,25)15(16(23)20-6-7-30(18,26)27)17-21-12-8-10(2-3-13(12)28-17)11-4-5-19-14(22)9-11/h2-5,8-9,15H,6-7H2,1H3,(H,19,22)(H,20,23)(H2,18,26,27). The molecule has 2 aromatic heterocycles. The number of rotatable bonds is 7. The Bertz CT molecular complexity index is 1320. The Kier molecular flexibility index (Phi) is 6.08. The lowest BCUT2D eigenvalue weighted by Gasteiger charge is -2.12. The molecule has 2 heterocycles. The van der Waals surface area contributed by atoms with Crippen LogP contribution in [0.2, 0.25) is 0 Å². The van der Waals surface area contributed by atoms with Crippen molar-refractivity contribution in [2.24, 2.45) is 5.14 Å². The molecule has 0 spiro atoms. The molecular weight excluding hydrogens is 452 g/mol. The third kappa shape index (κ3) is 5.30. The fourth-order valence-electron chi connectivity index (χ4n) is 2.73. The summed E-state index contributed by atoms with van der Waals surface area (Å²) in [5.74, 6) is -1.53. The van der Waals surface area contributed by atoms with Gasteiger partial charge in [-0.3, -0.25) is 4.79 Å². The Labute approximate surface area is 176 Å². The highest BCUT2D eigenvalue weighted by Gasteiger charge is 2.33. The predicted molar refractivity (Wildman–Crippen MR) is 113 cm³/mol. The molecule has 3 aromatic rings. The van der Waals surface area contributed by atoms with Crippen LogP contribution in [0.3, 0.4) is 0 Å². The van der Waals surface area contributed by atoms with Crippen LogP contribution in [0.15, 0.2) is 36.5 Å². The van der Waals surface area contributed by atoms with Gasteiger partial charge in [-0.15, -0.1) is 11.3 Å². The summed E-state index contributed by atoms with van der Waals surface area (Å²) in [6.07, 6.45) is 2.36. The smallest absolute Gasteiger partial charge is 0.245 e. The van der Waals surface area contributed by atoms with Gasteiger partial charge in [0.05, 0.1) is 16.0 Å². The molecule has 1 amide bonds. The van der Waals surface area contributed by atoms with Crippen LogP contribution < -0.4 is 10.5 Å². The van der Waals surface area contributed by atoms with Gasteiger partial charge in [0.1, 0.15) is 5.01 Å². The van der Waals surface area contributed by atoms with Crippen molar-refractivity contribution in [3.8, 4) is 17.0 Å². The minimum absolute atomic E-state index is 0.0651. The van der Waals surface area contributed by atoms with Gasteiger partial charge in [0, 0.05) is 25.1 Å². The summed E-state index contributed by atoms with van der Waals surface area (Å²) in [6, 6.07) is 8.41. The van der Waals surface area contributed by atoms with Crippen molar-refractivity contribution in [1.82, 2.24) is 15.3 Å². The summed E-state index contributed by atoms with van der Waals surface area (Å²) in [6.45, 7) is -0.315. The van der Waals surface area contributed by atoms with E-state index in [1.807, 2.05) is 0 Å². The zero-order valence-electron chi connectivity index (χ0n) is 15.6. The van der Waals surface area contributed by atoms with Gasteiger partial charge in [-0.2, -0.15) is 0 Å². The quantitative estimate of drug-likeness (QED) is 0.449. The number of aromatic nitrogens is 2. The third-order valence-electron chi connectivity index (χ3n) is 4.06. The van der Waals surface area contributed by atoms with E-state index in [9.17, 15) is 26.7 Å². The van der Waals surface area contributed by atoms with E-state index in [0.717, 1.165) is 23.2 Å². The number of hydrogen-bond donors (Lipinski definition) is 3. The molecule has 3 rings (SSSR count). The average Bonchev–Trinajstić information content (AvgIpc) is 3.01. The van der Waals surface area contributed by atoms with Crippen LogP contribution in [0.4, 0.5) is 0 Å². The first-order valence-electron chi connectivity index (χ1n) is 8.47. The van der Waals surface area contributed by atoms with Crippen molar-refractivity contribution in [1.29, 1.82) is 0 Å². The normalized spacial score (nSPS) is 13.3. The number of hydrogen-bond acceptors (Lipinski definition) is 9. The summed E-state index contributed by atoms with van der Waals surface area (Å²) < 4.78 is 47.2. The lowest BCUT2D eigenvalue weighted by atomic mass is 10.1. The number of thiazole rings is 1. The van der Waals surface area contributed by atoms with Crippen molar-refractivity contribution < 1.29 is 26.7 Å². The van der Waals surface area contributed by atoms with Gasteiger partial charge in [0.15, 0.2) is 15.1 Å². The zero-order chi connectivity index (χ0) is 22.1. The van der Waals surface area contributed by atoms with E-state index >= 15 is 0 Å². The molecule has 0 saturated carbocycles. The van der Waals surface area contributed by atoms with E-state index in [4.69, 9.17) is 5.14 Å². The maximum atomic E-state index is 12.5. The molecule has 0 aliphatic rings. The number of sulfonamides is 1. The predicted octanol–water partition coefficient (Wildman–Crippen LogP) is 0.554. The summed E-state index contributed by atoms with van der Waals surface area (Å²) in [5.41, 5.74) is 1.90. The van der Waals surface area contributed by atoms with E-state index in [1.54, 1.807) is 24.3 Å². The number of nitrogens with zero attached hydrogens (tertiary/aromatic N) is 2. The highest BCUT2D eigenvalue weighted by molar-refractivity contribution is 7.91. The lowest BCUT2D eigenvalue weighted by molar-refractivity contribution is -0.120. The number of benzene rings is 1. The first-order valence-corrected chi connectivity index (χ1v) is 13.0. The van der Waals surface area contributed by atoms with Crippen molar-refractivity contribution in [3.05, 3.63) is 41.5 Å². The SMILES string of the molecule is CS(=O)(=O)C(C(=O)NCCS(N)(=O)=O)c1nc2cc(-c3ccnc(O)c3)ccc2s1. The molecule has 1 unspecified atom stereocenters. The summed E-state index contributed by atoms with van der Waals surface area (Å²) in [7, 11) is -7.68. The molecule has 0 bridgehead atoms. The number of primary sulfonamides is 1. The number of sulfone groups is 1. The van der Waals surface area contributed by atoms with Crippen molar-refractivity contribution in [2.75, 3.05) is 18.6 Å². The van der Waals surface area contributed by atoms with Crippen LogP contribution in [0.5, 0.6) is 5.88 Å². The lowest BCUT2D eigenvalue weighted by Crippen LogP contribution is -2.37. The number of amides is 1. The number of carbonyl (C=O) groups is 1. The maximum absolute atomic E-state index is 12.5. The number of nitrogens with one attached hydrogen (secondary N) is 1. The van der Waals surface area contributed by atoms with Gasteiger partial charge in [-0.05, 0) is 29.3 Å². The molecule has 0 fully saturated rings. The van der Waals surface area contributed by atoms with Gasteiger partial charge in [0.2, 0.25) is 21.8 Å². The summed E-state index contributed by atoms with van der Waals surface area (Å²) >= 11 is 1.05. The van der Waals surface area contributed by atoms with Crippen LogP contribution >= 0.6 is 11.3 Å². The van der Waals surface area contributed by atoms with E-state index in [-0.39, 0.29) is 17.4 Å². The summed E-state index contributed by atoms with van der Waals surface area (Å²) in [4.78, 5) is 20.5. The molecule has 4 N–H and O–H groups in total. The highest BCUT2D eigenvalue weighted by Crippen LogP contribution is 2.33. The first-order chi connectivity index (χ1) is 13.9. The number of nitrogens with two attached hydrogens (primary N) is 1. The number of fused-ring (bicyclic) bond motifs is 1. The van der Waals surface area contributed by atoms with Gasteiger partial charge >= 0.3 is 0 Å². The molecule has 0 radical (unpaired) electrons. The van der Waals surface area contributed by atoms with Crippen LogP contribution in [-0.4, -0.2) is 56.4 Å². The molecule has 0 aliphatic carbocycles. The molecule has 1 aromatic carbocycles. The Morgan fingerprint density at radius 1 is 1.20 bits per heavy atom. The van der Waals surface area contributed by atoms with Crippen LogP contribution in [0.1, 0.15) is 10.3 Å². The number of carbonyl (C=O) groups excluding carboxylic acids is 1. The van der Waals surface area contributed by atoms with Gasteiger partial charge < -0.3 is 10.4 Å². The average molecular weight is 471 g/mol. The molecule has 13 heteroatoms. The fraction of sp³-hybridized carbons (Fsp3) is 0.235. The highest BCUT2D eigenvalue weighted by atomic mass is 32.2. The van der Waals surface area contributed by atoms with Crippen LogP contribution in [0, 0.1) is 0 Å². The van der Waals surface area contributed by atoms with Crippen LogP contribution in [-0.2, 0) is 24.7 Å². The number of aromatic hydroxyl groups is 1. The minimum atomic E-state index is -3.88. The molecule has 30 heavy (non-hydrogen) atoms. The largest absolute Gasteiger partial charge is 0.493 e. The third-order valence-corrected chi connectivity index (χ3v) is 7.38. The molecular formula is C17H18N4O6S3. The first kappa shape index (κ1) is 22.1. The second-order valence-corrected chi connectivity index (χ2v) is 11.4. The van der Waals surface area contributed by atoms with E-state index in [0.29, 0.717) is 15.8 Å². The summed E-state index contributed by atoms with van der Waals surface area (Å²) in [5, 5.41) is 15.2. The van der Waals surface area contributed by atoms with E-state index in [2.05, 4.69) is 15.3 Å². The molecule has 0 aliphatic heterocycles. The monoisotopic (exact) mass is 470 g/mol. The molecule has 0 saturated heterocycles. The number of pyridine rings is 1. The Balaban J connectivity index is 1.94.